The number of ether oxygens (including phenoxy) is 1. The average Bonchev–Trinajstić information content (AvgIpc) is 3.07. The number of carbonyl (C=O) groups is 2. The van der Waals surface area contributed by atoms with Gasteiger partial charge in [-0.3, -0.25) is 9.89 Å². The number of carboxylic acids is 1. The summed E-state index contributed by atoms with van der Waals surface area (Å²) in [6.07, 6.45) is 0.884. The number of amides is 1. The van der Waals surface area contributed by atoms with E-state index in [0.29, 0.717) is 26.0 Å². The molecule has 0 aliphatic carbocycles. The molecular weight excluding hydrogens is 260 g/mol. The lowest BCUT2D eigenvalue weighted by atomic mass is 10.1. The number of anilines is 1. The monoisotopic (exact) mass is 274 g/mol. The molecule has 104 valence electrons. The molecule has 1 fully saturated rings. The first kappa shape index (κ1) is 12.7. The Bertz CT molecular complexity index is 579. The summed E-state index contributed by atoms with van der Waals surface area (Å²) in [4.78, 5) is 28.1. The Morgan fingerprint density at radius 2 is 2.10 bits per heavy atom. The smallest absolute Gasteiger partial charge is 0.414 e. The molecule has 1 aromatic carbocycles. The van der Waals surface area contributed by atoms with Crippen LogP contribution >= 0.6 is 0 Å². The number of hydrogen-bond donors (Lipinski definition) is 1. The van der Waals surface area contributed by atoms with Gasteiger partial charge in [-0.2, -0.15) is 0 Å². The molecule has 2 heterocycles. The number of benzene rings is 1. The van der Waals surface area contributed by atoms with Crippen LogP contribution in [0.15, 0.2) is 29.3 Å². The number of nitrogens with zero attached hydrogens (tertiary/aromatic N) is 2. The molecule has 2 aliphatic heterocycles. The molecule has 0 aromatic heterocycles. The number of hydrogen-bond acceptors (Lipinski definition) is 4. The van der Waals surface area contributed by atoms with E-state index in [2.05, 4.69) is 4.99 Å². The molecule has 1 atom stereocenters. The first-order chi connectivity index (χ1) is 9.65. The van der Waals surface area contributed by atoms with Crippen LogP contribution in [0.3, 0.4) is 0 Å². The van der Waals surface area contributed by atoms with E-state index >= 15 is 0 Å². The Kier molecular flexibility index (Phi) is 3.14. The van der Waals surface area contributed by atoms with Crippen molar-refractivity contribution in [2.45, 2.75) is 18.9 Å². The number of aliphatic carboxylic acids is 1. The molecule has 1 aromatic rings. The van der Waals surface area contributed by atoms with E-state index in [4.69, 9.17) is 9.84 Å². The van der Waals surface area contributed by atoms with Gasteiger partial charge < -0.3 is 9.84 Å². The topological polar surface area (TPSA) is 79.2 Å². The zero-order valence-electron chi connectivity index (χ0n) is 10.8. The first-order valence-corrected chi connectivity index (χ1v) is 6.49. The molecule has 0 spiro atoms. The fraction of sp³-hybridized carbons (Fsp3) is 0.357. The molecule has 0 bridgehead atoms. The highest BCUT2D eigenvalue weighted by atomic mass is 16.6. The van der Waals surface area contributed by atoms with Gasteiger partial charge in [-0.25, -0.2) is 9.59 Å². The van der Waals surface area contributed by atoms with Gasteiger partial charge in [-0.1, -0.05) is 12.1 Å². The van der Waals surface area contributed by atoms with Crippen LogP contribution in [0.5, 0.6) is 0 Å². The van der Waals surface area contributed by atoms with Gasteiger partial charge in [0.1, 0.15) is 12.6 Å². The summed E-state index contributed by atoms with van der Waals surface area (Å²) in [7, 11) is 0. The summed E-state index contributed by atoms with van der Waals surface area (Å²) in [5.74, 6) is -0.878. The number of aliphatic imine (C=N–C) groups is 1. The highest BCUT2D eigenvalue weighted by Gasteiger charge is 2.25. The third-order valence-electron chi connectivity index (χ3n) is 3.52. The predicted octanol–water partition coefficient (Wildman–Crippen LogP) is 1.68. The highest BCUT2D eigenvalue weighted by molar-refractivity contribution is 6.04. The fourth-order valence-electron chi connectivity index (χ4n) is 2.45. The van der Waals surface area contributed by atoms with E-state index in [1.54, 1.807) is 4.90 Å². The third-order valence-corrected chi connectivity index (χ3v) is 3.52. The van der Waals surface area contributed by atoms with Crippen LogP contribution in [-0.2, 0) is 9.53 Å². The summed E-state index contributed by atoms with van der Waals surface area (Å²) in [5.41, 5.74) is 2.50. The second kappa shape index (κ2) is 4.96. The largest absolute Gasteiger partial charge is 0.480 e. The van der Waals surface area contributed by atoms with Crippen LogP contribution in [0, 0.1) is 0 Å². The van der Waals surface area contributed by atoms with Crippen LogP contribution < -0.4 is 4.90 Å². The molecule has 1 saturated heterocycles. The van der Waals surface area contributed by atoms with Gasteiger partial charge in [0.05, 0.1) is 6.54 Å². The maximum absolute atomic E-state index is 11.4. The van der Waals surface area contributed by atoms with Crippen molar-refractivity contribution in [2.24, 2.45) is 4.99 Å². The molecule has 0 saturated carbocycles. The van der Waals surface area contributed by atoms with Gasteiger partial charge >= 0.3 is 12.1 Å². The third kappa shape index (κ3) is 2.24. The summed E-state index contributed by atoms with van der Waals surface area (Å²) in [6.45, 7) is 0.966. The molecule has 1 unspecified atom stereocenters. The zero-order valence-corrected chi connectivity index (χ0v) is 10.8. The molecule has 3 rings (SSSR count). The normalized spacial score (nSPS) is 21.8. The molecule has 2 aliphatic rings. The Labute approximate surface area is 115 Å². The van der Waals surface area contributed by atoms with Gasteiger partial charge in [0.15, 0.2) is 0 Å². The predicted molar refractivity (Wildman–Crippen MR) is 72.3 cm³/mol. The van der Waals surface area contributed by atoms with E-state index in [9.17, 15) is 9.59 Å². The molecule has 0 radical (unpaired) electrons. The minimum absolute atomic E-state index is 0.332. The number of carboxylic acid groups (broad SMARTS) is 1. The standard InChI is InChI=1S/C14H14N2O4/c17-13(18)12-6-5-11(15-12)9-1-3-10(4-2-9)16-7-8-20-14(16)19/h1-4,12H,5-8H2,(H,17,18). The molecule has 1 amide bonds. The van der Waals surface area contributed by atoms with Crippen LogP contribution in [0.1, 0.15) is 18.4 Å². The lowest BCUT2D eigenvalue weighted by molar-refractivity contribution is -0.138. The summed E-state index contributed by atoms with van der Waals surface area (Å²) >= 11 is 0. The van der Waals surface area contributed by atoms with Crippen molar-refractivity contribution in [2.75, 3.05) is 18.1 Å². The highest BCUT2D eigenvalue weighted by Crippen LogP contribution is 2.23. The summed E-state index contributed by atoms with van der Waals surface area (Å²) in [6, 6.07) is 6.77. The van der Waals surface area contributed by atoms with Crippen molar-refractivity contribution in [3.8, 4) is 0 Å². The zero-order chi connectivity index (χ0) is 14.1. The second-order valence-electron chi connectivity index (χ2n) is 4.78. The number of rotatable bonds is 3. The number of carbonyl (C=O) groups excluding carboxylic acids is 1. The van der Waals surface area contributed by atoms with E-state index in [1.807, 2.05) is 24.3 Å². The van der Waals surface area contributed by atoms with Crippen molar-refractivity contribution in [1.82, 2.24) is 0 Å². The minimum Gasteiger partial charge on any atom is -0.480 e. The van der Waals surface area contributed by atoms with Gasteiger partial charge in [0.25, 0.3) is 0 Å². The molecule has 1 N–H and O–H groups in total. The van der Waals surface area contributed by atoms with Crippen molar-refractivity contribution in [1.29, 1.82) is 0 Å². The molecule has 6 nitrogen and oxygen atoms in total. The molecular formula is C14H14N2O4. The van der Waals surface area contributed by atoms with Crippen molar-refractivity contribution < 1.29 is 19.4 Å². The van der Waals surface area contributed by atoms with E-state index in [1.165, 1.54) is 0 Å². The van der Waals surface area contributed by atoms with E-state index in [0.717, 1.165) is 17.0 Å². The van der Waals surface area contributed by atoms with Gasteiger partial charge in [0.2, 0.25) is 0 Å². The molecule has 20 heavy (non-hydrogen) atoms. The Morgan fingerprint density at radius 3 is 2.65 bits per heavy atom. The summed E-state index contributed by atoms with van der Waals surface area (Å²) < 4.78 is 4.89. The van der Waals surface area contributed by atoms with E-state index in [-0.39, 0.29) is 6.09 Å². The maximum atomic E-state index is 11.4. The van der Waals surface area contributed by atoms with Gasteiger partial charge in [-0.05, 0) is 30.5 Å². The summed E-state index contributed by atoms with van der Waals surface area (Å²) in [5, 5.41) is 8.93. The Balaban J connectivity index is 1.78. The lowest BCUT2D eigenvalue weighted by Crippen LogP contribution is -2.23. The van der Waals surface area contributed by atoms with E-state index < -0.39 is 12.0 Å². The molecule has 6 heteroatoms. The maximum Gasteiger partial charge on any atom is 0.414 e. The van der Waals surface area contributed by atoms with Crippen LogP contribution in [0.2, 0.25) is 0 Å². The van der Waals surface area contributed by atoms with Crippen molar-refractivity contribution >= 4 is 23.5 Å². The van der Waals surface area contributed by atoms with Gasteiger partial charge in [0, 0.05) is 11.4 Å². The quantitative estimate of drug-likeness (QED) is 0.909. The lowest BCUT2D eigenvalue weighted by Gasteiger charge is -2.12. The van der Waals surface area contributed by atoms with Crippen LogP contribution in [0.4, 0.5) is 10.5 Å². The fourth-order valence-corrected chi connectivity index (χ4v) is 2.45. The average molecular weight is 274 g/mol. The van der Waals surface area contributed by atoms with Crippen molar-refractivity contribution in [3.05, 3.63) is 29.8 Å². The SMILES string of the molecule is O=C(O)C1CCC(c2ccc(N3CCOC3=O)cc2)=N1. The first-order valence-electron chi connectivity index (χ1n) is 6.49. The minimum atomic E-state index is -0.878. The number of cyclic esters (lactones) is 1. The van der Waals surface area contributed by atoms with Crippen molar-refractivity contribution in [3.63, 3.8) is 0 Å². The Morgan fingerprint density at radius 1 is 1.35 bits per heavy atom. The Hall–Kier alpha value is -2.37. The van der Waals surface area contributed by atoms with Crippen LogP contribution in [0.25, 0.3) is 0 Å². The van der Waals surface area contributed by atoms with Crippen LogP contribution in [-0.4, -0.2) is 42.1 Å². The second-order valence-corrected chi connectivity index (χ2v) is 4.78. The van der Waals surface area contributed by atoms with Gasteiger partial charge in [-0.15, -0.1) is 0 Å².